The van der Waals surface area contributed by atoms with Gasteiger partial charge in [-0.05, 0) is 66.9 Å². The lowest BCUT2D eigenvalue weighted by Gasteiger charge is -2.22. The van der Waals surface area contributed by atoms with E-state index in [4.69, 9.17) is 0 Å². The molecule has 0 aromatic carbocycles. The van der Waals surface area contributed by atoms with Crippen molar-refractivity contribution in [2.24, 2.45) is 0 Å². The number of pyridine rings is 1. The molecule has 4 nitrogen and oxygen atoms in total. The van der Waals surface area contributed by atoms with Crippen molar-refractivity contribution in [3.8, 4) is 0 Å². The van der Waals surface area contributed by atoms with Crippen LogP contribution in [-0.4, -0.2) is 21.3 Å². The average molecular weight is 351 g/mol. The molecule has 2 rings (SSSR count). The molecule has 0 amide bonds. The highest BCUT2D eigenvalue weighted by atomic mass is 79.9. The van der Waals surface area contributed by atoms with E-state index in [1.54, 1.807) is 0 Å². The fourth-order valence-corrected chi connectivity index (χ4v) is 2.98. The van der Waals surface area contributed by atoms with Crippen LogP contribution in [0, 0.1) is 0 Å². The number of aromatic nitrogens is 3. The molecule has 2 aromatic rings. The van der Waals surface area contributed by atoms with Gasteiger partial charge < -0.3 is 5.32 Å². The van der Waals surface area contributed by atoms with Crippen LogP contribution in [0.15, 0.2) is 35.2 Å². The highest BCUT2D eigenvalue weighted by Crippen LogP contribution is 2.28. The first-order valence-corrected chi connectivity index (χ1v) is 8.28. The quantitative estimate of drug-likeness (QED) is 0.823. The highest BCUT2D eigenvalue weighted by molar-refractivity contribution is 9.10. The Morgan fingerprint density at radius 1 is 1.29 bits per heavy atom. The van der Waals surface area contributed by atoms with Gasteiger partial charge in [0.1, 0.15) is 0 Å². The van der Waals surface area contributed by atoms with Crippen LogP contribution in [-0.2, 0) is 6.42 Å². The van der Waals surface area contributed by atoms with E-state index in [9.17, 15) is 0 Å². The third-order valence-electron chi connectivity index (χ3n) is 3.44. The summed E-state index contributed by atoms with van der Waals surface area (Å²) >= 11 is 3.66. The largest absolute Gasteiger partial charge is 0.308 e. The maximum atomic E-state index is 4.50. The minimum atomic E-state index is 0.242. The summed E-state index contributed by atoms with van der Waals surface area (Å²) in [6.07, 6.45) is 7.63. The number of nitrogens with zero attached hydrogens (tertiary/aromatic N) is 3. The molecule has 1 N–H and O–H groups in total. The third-order valence-corrected chi connectivity index (χ3v) is 4.05. The van der Waals surface area contributed by atoms with Crippen molar-refractivity contribution < 1.29 is 0 Å². The fourth-order valence-electron chi connectivity index (χ4n) is 2.43. The van der Waals surface area contributed by atoms with E-state index in [0.29, 0.717) is 6.04 Å². The van der Waals surface area contributed by atoms with Crippen LogP contribution in [0.2, 0.25) is 0 Å². The van der Waals surface area contributed by atoms with E-state index in [0.717, 1.165) is 23.9 Å². The molecule has 2 aromatic heterocycles. The Labute approximate surface area is 135 Å². The monoisotopic (exact) mass is 350 g/mol. The average Bonchev–Trinajstić information content (AvgIpc) is 2.86. The molecule has 1 unspecified atom stereocenters. The van der Waals surface area contributed by atoms with E-state index in [1.165, 1.54) is 11.3 Å². The van der Waals surface area contributed by atoms with Gasteiger partial charge in [-0.15, -0.1) is 0 Å². The highest BCUT2D eigenvalue weighted by Gasteiger charge is 2.21. The number of hydrogen-bond acceptors (Lipinski definition) is 3. The summed E-state index contributed by atoms with van der Waals surface area (Å²) < 4.78 is 3.16. The molecule has 2 heterocycles. The zero-order valence-electron chi connectivity index (χ0n) is 12.9. The SMILES string of the molecule is CCCNC(Cc1ccncc1)c1c(Br)cnn1C(C)C. The van der Waals surface area contributed by atoms with Gasteiger partial charge in [0, 0.05) is 18.4 Å². The van der Waals surface area contributed by atoms with Gasteiger partial charge in [-0.3, -0.25) is 9.67 Å². The van der Waals surface area contributed by atoms with Crippen LogP contribution in [0.1, 0.15) is 50.5 Å². The molecule has 5 heteroatoms. The molecule has 0 fully saturated rings. The van der Waals surface area contributed by atoms with E-state index < -0.39 is 0 Å². The molecular weight excluding hydrogens is 328 g/mol. The zero-order chi connectivity index (χ0) is 15.2. The maximum Gasteiger partial charge on any atom is 0.0702 e. The molecule has 0 spiro atoms. The van der Waals surface area contributed by atoms with E-state index >= 15 is 0 Å². The van der Waals surface area contributed by atoms with Crippen LogP contribution >= 0.6 is 15.9 Å². The van der Waals surface area contributed by atoms with Crippen molar-refractivity contribution in [1.29, 1.82) is 0 Å². The third kappa shape index (κ3) is 4.14. The van der Waals surface area contributed by atoms with Gasteiger partial charge in [-0.1, -0.05) is 6.92 Å². The zero-order valence-corrected chi connectivity index (χ0v) is 14.5. The fraction of sp³-hybridized carbons (Fsp3) is 0.500. The van der Waals surface area contributed by atoms with Crippen LogP contribution in [0.5, 0.6) is 0 Å². The second-order valence-corrected chi connectivity index (χ2v) is 6.34. The number of rotatable bonds is 7. The summed E-state index contributed by atoms with van der Waals surface area (Å²) in [4.78, 5) is 4.09. The second kappa shape index (κ2) is 7.71. The molecule has 0 radical (unpaired) electrons. The van der Waals surface area contributed by atoms with Crippen molar-refractivity contribution in [2.75, 3.05) is 6.54 Å². The first kappa shape index (κ1) is 16.2. The van der Waals surface area contributed by atoms with Crippen molar-refractivity contribution in [3.63, 3.8) is 0 Å². The molecule has 0 aliphatic heterocycles. The van der Waals surface area contributed by atoms with Gasteiger partial charge in [-0.2, -0.15) is 5.10 Å². The Bertz CT molecular complexity index is 551. The van der Waals surface area contributed by atoms with Gasteiger partial charge in [0.2, 0.25) is 0 Å². The first-order valence-electron chi connectivity index (χ1n) is 7.48. The lowest BCUT2D eigenvalue weighted by molar-refractivity contribution is 0.440. The van der Waals surface area contributed by atoms with E-state index in [2.05, 4.69) is 68.9 Å². The Kier molecular flexibility index (Phi) is 5.94. The predicted octanol–water partition coefficient (Wildman–Crippen LogP) is 3.90. The van der Waals surface area contributed by atoms with Crippen molar-refractivity contribution in [2.45, 2.75) is 45.7 Å². The van der Waals surface area contributed by atoms with Gasteiger partial charge in [0.05, 0.1) is 22.4 Å². The molecular formula is C16H23BrN4. The lowest BCUT2D eigenvalue weighted by atomic mass is 10.0. The van der Waals surface area contributed by atoms with Gasteiger partial charge in [0.25, 0.3) is 0 Å². The minimum Gasteiger partial charge on any atom is -0.308 e. The normalized spacial score (nSPS) is 12.8. The Hall–Kier alpha value is -1.20. The minimum absolute atomic E-state index is 0.242. The van der Waals surface area contributed by atoms with Crippen LogP contribution in [0.3, 0.4) is 0 Å². The van der Waals surface area contributed by atoms with Gasteiger partial charge in [-0.25, -0.2) is 0 Å². The molecule has 0 saturated carbocycles. The van der Waals surface area contributed by atoms with Crippen LogP contribution in [0.25, 0.3) is 0 Å². The summed E-state index contributed by atoms with van der Waals surface area (Å²) in [6, 6.07) is 4.73. The predicted molar refractivity (Wildman–Crippen MR) is 89.3 cm³/mol. The standard InChI is InChI=1S/C16H23BrN4/c1-4-7-19-15(10-13-5-8-18-9-6-13)16-14(17)11-20-21(16)12(2)3/h5-6,8-9,11-12,15,19H,4,7,10H2,1-3H3. The Morgan fingerprint density at radius 2 is 2.00 bits per heavy atom. The molecule has 114 valence electrons. The number of hydrogen-bond donors (Lipinski definition) is 1. The Balaban J connectivity index is 2.29. The topological polar surface area (TPSA) is 42.7 Å². The summed E-state index contributed by atoms with van der Waals surface area (Å²) in [5.74, 6) is 0. The Morgan fingerprint density at radius 3 is 2.62 bits per heavy atom. The van der Waals surface area contributed by atoms with Crippen LogP contribution in [0.4, 0.5) is 0 Å². The molecule has 0 aliphatic carbocycles. The number of halogens is 1. The van der Waals surface area contributed by atoms with E-state index in [-0.39, 0.29) is 6.04 Å². The van der Waals surface area contributed by atoms with Crippen molar-refractivity contribution >= 4 is 15.9 Å². The lowest BCUT2D eigenvalue weighted by Crippen LogP contribution is -2.27. The molecule has 0 saturated heterocycles. The summed E-state index contributed by atoms with van der Waals surface area (Å²) in [7, 11) is 0. The summed E-state index contributed by atoms with van der Waals surface area (Å²) in [6.45, 7) is 7.50. The molecule has 1 atom stereocenters. The molecule has 21 heavy (non-hydrogen) atoms. The summed E-state index contributed by atoms with van der Waals surface area (Å²) in [5, 5.41) is 8.15. The smallest absolute Gasteiger partial charge is 0.0702 e. The van der Waals surface area contributed by atoms with Crippen molar-refractivity contribution in [1.82, 2.24) is 20.1 Å². The molecule has 0 aliphatic rings. The molecule has 0 bridgehead atoms. The van der Waals surface area contributed by atoms with E-state index in [1.807, 2.05) is 18.6 Å². The maximum absolute atomic E-state index is 4.50. The van der Waals surface area contributed by atoms with Gasteiger partial charge >= 0.3 is 0 Å². The van der Waals surface area contributed by atoms with Gasteiger partial charge in [0.15, 0.2) is 0 Å². The van der Waals surface area contributed by atoms with Crippen LogP contribution < -0.4 is 5.32 Å². The first-order chi connectivity index (χ1) is 10.1. The van der Waals surface area contributed by atoms with Crippen molar-refractivity contribution in [3.05, 3.63) is 46.5 Å². The number of nitrogens with one attached hydrogen (secondary N) is 1. The summed E-state index contributed by atoms with van der Waals surface area (Å²) in [5.41, 5.74) is 2.50. The second-order valence-electron chi connectivity index (χ2n) is 5.48.